The minimum atomic E-state index is 0.456. The van der Waals surface area contributed by atoms with Crippen molar-refractivity contribution < 1.29 is 4.74 Å². The predicted molar refractivity (Wildman–Crippen MR) is 126 cm³/mol. The molecule has 1 heterocycles. The Morgan fingerprint density at radius 3 is 2.24 bits per heavy atom. The predicted octanol–water partition coefficient (Wildman–Crippen LogP) is 4.65. The van der Waals surface area contributed by atoms with Gasteiger partial charge in [0, 0.05) is 43.7 Å². The van der Waals surface area contributed by atoms with E-state index in [4.69, 9.17) is 21.6 Å². The average Bonchev–Trinajstić information content (AvgIpc) is 2.73. The highest BCUT2D eigenvalue weighted by atomic mass is 16.5. The lowest BCUT2D eigenvalue weighted by Gasteiger charge is -2.24. The smallest absolute Gasteiger partial charge is 0.217 e. The first-order valence-electron chi connectivity index (χ1n) is 10.5. The fourth-order valence-corrected chi connectivity index (χ4v) is 2.60. The molecule has 0 radical (unpaired) electrons. The molecule has 0 aliphatic carbocycles. The number of nitrogen functional groups attached to an aromatic ring is 1. The number of pyridine rings is 1. The number of aromatic nitrogens is 1. The summed E-state index contributed by atoms with van der Waals surface area (Å²) in [4.78, 5) is 6.45. The maximum atomic E-state index is 6.92. The van der Waals surface area contributed by atoms with Gasteiger partial charge < -0.3 is 26.5 Å². The van der Waals surface area contributed by atoms with Crippen molar-refractivity contribution in [3.8, 4) is 5.88 Å². The third kappa shape index (κ3) is 11.1. The summed E-state index contributed by atoms with van der Waals surface area (Å²) in [5.74, 6) is 1.03. The number of benzene rings is 1. The number of rotatable bonds is 9. The number of anilines is 2. The molecule has 0 amide bonds. The second-order valence-electron chi connectivity index (χ2n) is 6.27. The van der Waals surface area contributed by atoms with E-state index in [2.05, 4.69) is 23.7 Å². The van der Waals surface area contributed by atoms with Crippen molar-refractivity contribution in [2.75, 3.05) is 36.9 Å². The van der Waals surface area contributed by atoms with Crippen molar-refractivity contribution in [2.24, 2.45) is 5.73 Å². The molecular weight excluding hydrogens is 362 g/mol. The fourth-order valence-electron chi connectivity index (χ4n) is 2.60. The van der Waals surface area contributed by atoms with Gasteiger partial charge in [-0.05, 0) is 25.3 Å². The highest BCUT2D eigenvalue weighted by Crippen LogP contribution is 2.22. The van der Waals surface area contributed by atoms with Gasteiger partial charge in [-0.15, -0.1) is 0 Å². The van der Waals surface area contributed by atoms with Crippen LogP contribution in [0.4, 0.5) is 11.5 Å². The number of nitrogens with one attached hydrogen (secondary N) is 1. The van der Waals surface area contributed by atoms with Gasteiger partial charge in [-0.25, -0.2) is 0 Å². The number of nitrogens with two attached hydrogens (primary N) is 2. The first-order valence-corrected chi connectivity index (χ1v) is 10.5. The van der Waals surface area contributed by atoms with Crippen molar-refractivity contribution in [1.29, 1.82) is 5.41 Å². The molecule has 0 saturated heterocycles. The summed E-state index contributed by atoms with van der Waals surface area (Å²) in [5.41, 5.74) is 14.5. The summed E-state index contributed by atoms with van der Waals surface area (Å²) in [7, 11) is 0. The van der Waals surface area contributed by atoms with Crippen LogP contribution in [0.25, 0.3) is 0 Å². The van der Waals surface area contributed by atoms with Gasteiger partial charge in [0.2, 0.25) is 5.88 Å². The van der Waals surface area contributed by atoms with E-state index in [1.165, 1.54) is 11.8 Å². The highest BCUT2D eigenvalue weighted by Gasteiger charge is 2.08. The first kappa shape index (κ1) is 26.4. The van der Waals surface area contributed by atoms with Crippen molar-refractivity contribution >= 4 is 17.7 Å². The lowest BCUT2D eigenvalue weighted by Crippen LogP contribution is -2.25. The molecule has 6 nitrogen and oxygen atoms in total. The molecule has 0 fully saturated rings. The normalized spacial score (nSPS) is 9.45. The molecule has 0 unspecified atom stereocenters. The van der Waals surface area contributed by atoms with E-state index in [9.17, 15) is 0 Å². The van der Waals surface area contributed by atoms with Gasteiger partial charge in [-0.1, -0.05) is 57.5 Å². The van der Waals surface area contributed by atoms with Gasteiger partial charge in [-0.2, -0.15) is 4.98 Å². The molecule has 0 aliphatic heterocycles. The molecule has 5 N–H and O–H groups in total. The summed E-state index contributed by atoms with van der Waals surface area (Å²) in [5, 5.41) is 6.92. The Kier molecular flexibility index (Phi) is 14.9. The average molecular weight is 402 g/mol. The van der Waals surface area contributed by atoms with E-state index < -0.39 is 0 Å². The quantitative estimate of drug-likeness (QED) is 0.531. The van der Waals surface area contributed by atoms with Gasteiger partial charge in [0.1, 0.15) is 12.4 Å². The zero-order valence-electron chi connectivity index (χ0n) is 18.7. The van der Waals surface area contributed by atoms with Crippen LogP contribution in [0.15, 0.2) is 36.4 Å². The Morgan fingerprint density at radius 2 is 1.76 bits per heavy atom. The molecule has 2 rings (SSSR count). The zero-order chi connectivity index (χ0) is 22.1. The SMILES string of the molecule is CC.CCCN(CCC)c1cc(N)nc(OCCN)c1.Cc1cccc(C=N)c1. The van der Waals surface area contributed by atoms with E-state index in [0.717, 1.165) is 37.2 Å². The minimum absolute atomic E-state index is 0.456. The summed E-state index contributed by atoms with van der Waals surface area (Å²) in [6.07, 6.45) is 3.55. The molecule has 0 bridgehead atoms. The molecule has 0 saturated carbocycles. The Morgan fingerprint density at radius 1 is 1.10 bits per heavy atom. The molecule has 2 aromatic rings. The molecule has 0 spiro atoms. The monoisotopic (exact) mass is 401 g/mol. The Bertz CT molecular complexity index is 685. The third-order valence-corrected chi connectivity index (χ3v) is 3.74. The largest absolute Gasteiger partial charge is 0.476 e. The van der Waals surface area contributed by atoms with Crippen LogP contribution in [0.3, 0.4) is 0 Å². The summed E-state index contributed by atoms with van der Waals surface area (Å²) >= 11 is 0. The third-order valence-electron chi connectivity index (χ3n) is 3.74. The van der Waals surface area contributed by atoms with Gasteiger partial charge in [0.15, 0.2) is 0 Å². The zero-order valence-corrected chi connectivity index (χ0v) is 18.7. The minimum Gasteiger partial charge on any atom is -0.476 e. The van der Waals surface area contributed by atoms with E-state index in [1.54, 1.807) is 0 Å². The number of hydrogen-bond acceptors (Lipinski definition) is 6. The molecule has 0 atom stereocenters. The van der Waals surface area contributed by atoms with E-state index in [0.29, 0.717) is 24.8 Å². The molecular formula is C23H39N5O. The highest BCUT2D eigenvalue weighted by molar-refractivity contribution is 5.76. The standard InChI is InChI=1S/C13H24N4O.C8H9N.C2H6/c1-3-6-17(7-4-2)11-9-12(15)16-13(10-11)18-8-5-14;1-7-3-2-4-8(5-7)6-9;1-2/h9-10H,3-8,14H2,1-2H3,(H2,15,16);2-6,9H,1H3;1-2H3. The summed E-state index contributed by atoms with van der Waals surface area (Å²) in [6, 6.07) is 11.7. The second-order valence-corrected chi connectivity index (χ2v) is 6.27. The Balaban J connectivity index is 0.000000595. The number of nitrogens with zero attached hydrogens (tertiary/aromatic N) is 2. The molecule has 29 heavy (non-hydrogen) atoms. The van der Waals surface area contributed by atoms with Crippen LogP contribution in [0, 0.1) is 12.3 Å². The van der Waals surface area contributed by atoms with Crippen molar-refractivity contribution in [3.05, 3.63) is 47.5 Å². The van der Waals surface area contributed by atoms with Gasteiger partial charge in [0.25, 0.3) is 0 Å². The lowest BCUT2D eigenvalue weighted by atomic mass is 10.2. The van der Waals surface area contributed by atoms with Crippen molar-refractivity contribution in [1.82, 2.24) is 4.98 Å². The Labute approximate surface area is 176 Å². The molecule has 6 heteroatoms. The number of hydrogen-bond donors (Lipinski definition) is 3. The molecule has 0 aliphatic rings. The van der Waals surface area contributed by atoms with E-state index >= 15 is 0 Å². The fraction of sp³-hybridized carbons (Fsp3) is 0.478. The lowest BCUT2D eigenvalue weighted by molar-refractivity contribution is 0.316. The first-order chi connectivity index (χ1) is 14.0. The number of ether oxygens (including phenoxy) is 1. The van der Waals surface area contributed by atoms with Crippen LogP contribution in [0.1, 0.15) is 51.7 Å². The number of aryl methyl sites for hydroxylation is 1. The van der Waals surface area contributed by atoms with Crippen LogP contribution in [-0.4, -0.2) is 37.4 Å². The summed E-state index contributed by atoms with van der Waals surface area (Å²) < 4.78 is 5.44. The maximum absolute atomic E-state index is 6.92. The topological polar surface area (TPSA) is 101 Å². The van der Waals surface area contributed by atoms with Gasteiger partial charge in [0.05, 0.1) is 0 Å². The van der Waals surface area contributed by atoms with Crippen molar-refractivity contribution in [2.45, 2.75) is 47.5 Å². The van der Waals surface area contributed by atoms with Crippen LogP contribution in [-0.2, 0) is 0 Å². The van der Waals surface area contributed by atoms with E-state index in [1.807, 2.05) is 57.2 Å². The van der Waals surface area contributed by atoms with Crippen LogP contribution in [0.2, 0.25) is 0 Å². The van der Waals surface area contributed by atoms with E-state index in [-0.39, 0.29) is 0 Å². The van der Waals surface area contributed by atoms with Crippen molar-refractivity contribution in [3.63, 3.8) is 0 Å². The van der Waals surface area contributed by atoms with Crippen LogP contribution >= 0.6 is 0 Å². The van der Waals surface area contributed by atoms with Gasteiger partial charge >= 0.3 is 0 Å². The molecule has 1 aromatic carbocycles. The second kappa shape index (κ2) is 16.4. The van der Waals surface area contributed by atoms with Crippen LogP contribution in [0.5, 0.6) is 5.88 Å². The molecule has 1 aromatic heterocycles. The van der Waals surface area contributed by atoms with Gasteiger partial charge in [-0.3, -0.25) is 0 Å². The molecule has 162 valence electrons. The van der Waals surface area contributed by atoms with Crippen LogP contribution < -0.4 is 21.1 Å². The summed E-state index contributed by atoms with van der Waals surface area (Å²) in [6.45, 7) is 13.3. The maximum Gasteiger partial charge on any atom is 0.217 e. The Hall–Kier alpha value is -2.60.